The molecule has 0 rings (SSSR count). The number of thiocarbonyl (C=S) groups is 1. The molecule has 0 fully saturated rings. The lowest BCUT2D eigenvalue weighted by molar-refractivity contribution is -0.125. The first kappa shape index (κ1) is 12.3. The molecule has 1 amide bonds. The van der Waals surface area contributed by atoms with Crippen LogP contribution in [0.2, 0.25) is 0 Å². The number of ether oxygens (including phenoxy) is 1. The molecule has 0 saturated carbocycles. The standard InChI is InChI=1S/C8H16N2O2S/c1-3-12-5-7(11)10-4-6(2)8(9)13/h6H,3-5H2,1-2H3,(H2,9,13)(H,10,11). The van der Waals surface area contributed by atoms with Crippen LogP contribution in [-0.4, -0.2) is 30.7 Å². The van der Waals surface area contributed by atoms with E-state index >= 15 is 0 Å². The summed E-state index contributed by atoms with van der Waals surface area (Å²) in [6, 6.07) is 0. The molecule has 0 aliphatic carbocycles. The van der Waals surface area contributed by atoms with Gasteiger partial charge in [-0.1, -0.05) is 19.1 Å². The van der Waals surface area contributed by atoms with Crippen LogP contribution in [0.1, 0.15) is 13.8 Å². The van der Waals surface area contributed by atoms with Crippen molar-refractivity contribution >= 4 is 23.1 Å². The number of hydrogen-bond donors (Lipinski definition) is 2. The number of carbonyl (C=O) groups is 1. The zero-order valence-electron chi connectivity index (χ0n) is 8.00. The maximum absolute atomic E-state index is 11.0. The first-order valence-electron chi connectivity index (χ1n) is 4.21. The van der Waals surface area contributed by atoms with Gasteiger partial charge in [-0.05, 0) is 6.92 Å². The molecule has 76 valence electrons. The fourth-order valence-electron chi connectivity index (χ4n) is 0.613. The fourth-order valence-corrected chi connectivity index (χ4v) is 0.697. The summed E-state index contributed by atoms with van der Waals surface area (Å²) >= 11 is 4.75. The smallest absolute Gasteiger partial charge is 0.246 e. The van der Waals surface area contributed by atoms with Crippen molar-refractivity contribution in [2.45, 2.75) is 13.8 Å². The Balaban J connectivity index is 3.52. The second-order valence-corrected chi connectivity index (χ2v) is 3.22. The van der Waals surface area contributed by atoms with Crippen LogP contribution in [0.15, 0.2) is 0 Å². The van der Waals surface area contributed by atoms with E-state index in [2.05, 4.69) is 5.32 Å². The molecule has 0 aromatic rings. The van der Waals surface area contributed by atoms with E-state index in [4.69, 9.17) is 22.7 Å². The molecule has 3 N–H and O–H groups in total. The van der Waals surface area contributed by atoms with Crippen molar-refractivity contribution in [3.63, 3.8) is 0 Å². The Bertz CT molecular complexity index is 185. The van der Waals surface area contributed by atoms with E-state index in [9.17, 15) is 4.79 Å². The Morgan fingerprint density at radius 3 is 2.77 bits per heavy atom. The largest absolute Gasteiger partial charge is 0.393 e. The van der Waals surface area contributed by atoms with Crippen molar-refractivity contribution < 1.29 is 9.53 Å². The third kappa shape index (κ3) is 6.48. The molecule has 0 saturated heterocycles. The Hall–Kier alpha value is -0.680. The molecule has 0 spiro atoms. The van der Waals surface area contributed by atoms with Crippen LogP contribution in [0.5, 0.6) is 0 Å². The highest BCUT2D eigenvalue weighted by atomic mass is 32.1. The molecule has 5 heteroatoms. The molecule has 1 unspecified atom stereocenters. The third-order valence-corrected chi connectivity index (χ3v) is 1.93. The second kappa shape index (κ2) is 6.80. The van der Waals surface area contributed by atoms with Gasteiger partial charge in [0, 0.05) is 19.1 Å². The molecule has 0 aliphatic heterocycles. The van der Waals surface area contributed by atoms with Crippen LogP contribution in [0.3, 0.4) is 0 Å². The number of nitrogens with one attached hydrogen (secondary N) is 1. The van der Waals surface area contributed by atoms with Gasteiger partial charge in [-0.3, -0.25) is 4.79 Å². The average molecular weight is 204 g/mol. The molecular weight excluding hydrogens is 188 g/mol. The van der Waals surface area contributed by atoms with Gasteiger partial charge in [-0.2, -0.15) is 0 Å². The monoisotopic (exact) mass is 204 g/mol. The van der Waals surface area contributed by atoms with E-state index in [1.807, 2.05) is 13.8 Å². The van der Waals surface area contributed by atoms with Crippen LogP contribution >= 0.6 is 12.2 Å². The summed E-state index contributed by atoms with van der Waals surface area (Å²) in [7, 11) is 0. The van der Waals surface area contributed by atoms with Crippen molar-refractivity contribution in [3.8, 4) is 0 Å². The molecule has 0 aromatic heterocycles. The van der Waals surface area contributed by atoms with E-state index in [0.29, 0.717) is 18.1 Å². The molecule has 1 atom stereocenters. The van der Waals surface area contributed by atoms with E-state index in [1.54, 1.807) is 0 Å². The van der Waals surface area contributed by atoms with Gasteiger partial charge in [0.15, 0.2) is 0 Å². The summed E-state index contributed by atoms with van der Waals surface area (Å²) in [5.41, 5.74) is 5.37. The van der Waals surface area contributed by atoms with E-state index in [1.165, 1.54) is 0 Å². The molecule has 4 nitrogen and oxygen atoms in total. The summed E-state index contributed by atoms with van der Waals surface area (Å²) in [5.74, 6) is -0.106. The minimum atomic E-state index is -0.134. The van der Waals surface area contributed by atoms with Gasteiger partial charge in [-0.25, -0.2) is 0 Å². The maximum atomic E-state index is 11.0. The Labute approximate surface area is 83.8 Å². The lowest BCUT2D eigenvalue weighted by atomic mass is 10.2. The number of carbonyl (C=O) groups excluding carboxylic acids is 1. The highest BCUT2D eigenvalue weighted by Crippen LogP contribution is 1.91. The Morgan fingerprint density at radius 1 is 1.69 bits per heavy atom. The number of amides is 1. The zero-order valence-corrected chi connectivity index (χ0v) is 8.82. The van der Waals surface area contributed by atoms with Crippen LogP contribution in [-0.2, 0) is 9.53 Å². The van der Waals surface area contributed by atoms with Crippen LogP contribution < -0.4 is 11.1 Å². The van der Waals surface area contributed by atoms with Gasteiger partial charge in [-0.15, -0.1) is 0 Å². The van der Waals surface area contributed by atoms with Gasteiger partial charge >= 0.3 is 0 Å². The number of rotatable bonds is 6. The molecule has 0 aromatic carbocycles. The summed E-state index contributed by atoms with van der Waals surface area (Å²) < 4.78 is 4.91. The first-order valence-corrected chi connectivity index (χ1v) is 4.62. The minimum absolute atomic E-state index is 0.0283. The molecular formula is C8H16N2O2S. The highest BCUT2D eigenvalue weighted by molar-refractivity contribution is 7.80. The van der Waals surface area contributed by atoms with Gasteiger partial charge in [0.25, 0.3) is 0 Å². The molecule has 0 heterocycles. The zero-order chi connectivity index (χ0) is 10.3. The van der Waals surface area contributed by atoms with E-state index in [0.717, 1.165) is 0 Å². The molecule has 0 radical (unpaired) electrons. The summed E-state index contributed by atoms with van der Waals surface area (Å²) in [6.07, 6.45) is 0. The van der Waals surface area contributed by atoms with Crippen LogP contribution in [0.25, 0.3) is 0 Å². The molecule has 13 heavy (non-hydrogen) atoms. The third-order valence-electron chi connectivity index (χ3n) is 1.53. The quantitative estimate of drug-likeness (QED) is 0.601. The number of nitrogens with two attached hydrogens (primary N) is 1. The van der Waals surface area contributed by atoms with Crippen molar-refractivity contribution in [3.05, 3.63) is 0 Å². The van der Waals surface area contributed by atoms with Crippen molar-refractivity contribution in [1.82, 2.24) is 5.32 Å². The summed E-state index contributed by atoms with van der Waals surface area (Å²) in [5, 5.41) is 2.67. The van der Waals surface area contributed by atoms with Crippen LogP contribution in [0, 0.1) is 5.92 Å². The SMILES string of the molecule is CCOCC(=O)NCC(C)C(N)=S. The Morgan fingerprint density at radius 2 is 2.31 bits per heavy atom. The lowest BCUT2D eigenvalue weighted by Crippen LogP contribution is -2.35. The van der Waals surface area contributed by atoms with Gasteiger partial charge in [0.2, 0.25) is 5.91 Å². The van der Waals surface area contributed by atoms with Crippen LogP contribution in [0.4, 0.5) is 0 Å². The fraction of sp³-hybridized carbons (Fsp3) is 0.750. The predicted molar refractivity (Wildman–Crippen MR) is 55.5 cm³/mol. The van der Waals surface area contributed by atoms with Gasteiger partial charge in [0.05, 0.1) is 4.99 Å². The minimum Gasteiger partial charge on any atom is -0.393 e. The van der Waals surface area contributed by atoms with E-state index in [-0.39, 0.29) is 18.4 Å². The summed E-state index contributed by atoms with van der Waals surface area (Å²) in [4.78, 5) is 11.4. The van der Waals surface area contributed by atoms with Crippen molar-refractivity contribution in [2.75, 3.05) is 19.8 Å². The van der Waals surface area contributed by atoms with Crippen molar-refractivity contribution in [1.29, 1.82) is 0 Å². The summed E-state index contributed by atoms with van der Waals surface area (Å²) in [6.45, 7) is 4.81. The average Bonchev–Trinajstić information content (AvgIpc) is 2.10. The maximum Gasteiger partial charge on any atom is 0.246 e. The normalized spacial score (nSPS) is 12.2. The van der Waals surface area contributed by atoms with Crippen molar-refractivity contribution in [2.24, 2.45) is 11.7 Å². The molecule has 0 bridgehead atoms. The second-order valence-electron chi connectivity index (χ2n) is 2.74. The Kier molecular flexibility index (Phi) is 6.44. The van der Waals surface area contributed by atoms with E-state index < -0.39 is 0 Å². The highest BCUT2D eigenvalue weighted by Gasteiger charge is 2.06. The van der Waals surface area contributed by atoms with Gasteiger partial charge < -0.3 is 15.8 Å². The topological polar surface area (TPSA) is 64.3 Å². The van der Waals surface area contributed by atoms with Gasteiger partial charge in [0.1, 0.15) is 6.61 Å². The molecule has 0 aliphatic rings. The number of hydrogen-bond acceptors (Lipinski definition) is 3. The first-order chi connectivity index (χ1) is 6.07. The lowest BCUT2D eigenvalue weighted by Gasteiger charge is -2.10. The predicted octanol–water partition coefficient (Wildman–Crippen LogP) is 0.0613.